The van der Waals surface area contributed by atoms with Crippen LogP contribution >= 0.6 is 0 Å². The lowest BCUT2D eigenvalue weighted by molar-refractivity contribution is -0.148. The zero-order valence-corrected chi connectivity index (χ0v) is 13.3. The van der Waals surface area contributed by atoms with Crippen molar-refractivity contribution in [2.45, 2.75) is 52.5 Å². The lowest BCUT2D eigenvalue weighted by atomic mass is 9.92. The zero-order chi connectivity index (χ0) is 16.2. The Morgan fingerprint density at radius 1 is 1.29 bits per heavy atom. The van der Waals surface area contributed by atoms with Crippen molar-refractivity contribution >= 4 is 17.8 Å². The molecule has 21 heavy (non-hydrogen) atoms. The fourth-order valence-corrected chi connectivity index (χ4v) is 2.39. The van der Waals surface area contributed by atoms with Gasteiger partial charge < -0.3 is 15.3 Å². The van der Waals surface area contributed by atoms with Crippen molar-refractivity contribution in [2.24, 2.45) is 11.8 Å². The number of hydrogen-bond donors (Lipinski definition) is 2. The highest BCUT2D eigenvalue weighted by atomic mass is 16.4. The van der Waals surface area contributed by atoms with Gasteiger partial charge in [0.2, 0.25) is 11.8 Å². The quantitative estimate of drug-likeness (QED) is 0.799. The van der Waals surface area contributed by atoms with Crippen molar-refractivity contribution in [3.63, 3.8) is 0 Å². The summed E-state index contributed by atoms with van der Waals surface area (Å²) in [6.45, 7) is 8.10. The van der Waals surface area contributed by atoms with Gasteiger partial charge in [-0.3, -0.25) is 9.59 Å². The van der Waals surface area contributed by atoms with Crippen molar-refractivity contribution in [1.82, 2.24) is 10.2 Å². The number of nitrogens with zero attached hydrogens (tertiary/aromatic N) is 1. The Labute approximate surface area is 125 Å². The van der Waals surface area contributed by atoms with Crippen molar-refractivity contribution in [3.8, 4) is 0 Å². The third-order valence-electron chi connectivity index (χ3n) is 4.25. The molecular formula is C15H26N2O4. The minimum absolute atomic E-state index is 0.0363. The molecule has 2 N–H and O–H groups in total. The molecule has 1 atom stereocenters. The standard InChI is InChI=1S/C15H26N2O4/c1-5-15(4,14(20)21)16-12(18)11-6-8-17(9-7-11)13(19)10(2)3/h10-11H,5-9H2,1-4H3,(H,16,18)(H,20,21). The van der Waals surface area contributed by atoms with Crippen molar-refractivity contribution < 1.29 is 19.5 Å². The van der Waals surface area contributed by atoms with Gasteiger partial charge in [-0.05, 0) is 26.2 Å². The maximum Gasteiger partial charge on any atom is 0.329 e. The predicted octanol–water partition coefficient (Wildman–Crippen LogP) is 1.25. The second-order valence-electron chi connectivity index (χ2n) is 6.23. The molecule has 1 rings (SSSR count). The van der Waals surface area contributed by atoms with Crippen molar-refractivity contribution in [1.29, 1.82) is 0 Å². The lowest BCUT2D eigenvalue weighted by Gasteiger charge is -2.34. The molecular weight excluding hydrogens is 272 g/mol. The van der Waals surface area contributed by atoms with Gasteiger partial charge in [-0.15, -0.1) is 0 Å². The predicted molar refractivity (Wildman–Crippen MR) is 78.6 cm³/mol. The van der Waals surface area contributed by atoms with Crippen LogP contribution in [-0.2, 0) is 14.4 Å². The number of aliphatic carboxylic acids is 1. The molecule has 0 radical (unpaired) electrons. The molecule has 1 heterocycles. The maximum atomic E-state index is 12.2. The topological polar surface area (TPSA) is 86.7 Å². The summed E-state index contributed by atoms with van der Waals surface area (Å²) in [7, 11) is 0. The molecule has 1 aliphatic rings. The van der Waals surface area contributed by atoms with E-state index in [9.17, 15) is 19.5 Å². The molecule has 0 aromatic carbocycles. The van der Waals surface area contributed by atoms with Gasteiger partial charge in [0.1, 0.15) is 5.54 Å². The van der Waals surface area contributed by atoms with Crippen LogP contribution in [0.15, 0.2) is 0 Å². The minimum atomic E-state index is -1.22. The molecule has 1 aliphatic heterocycles. The number of carboxylic acids is 1. The minimum Gasteiger partial charge on any atom is -0.480 e. The summed E-state index contributed by atoms with van der Waals surface area (Å²) in [5.41, 5.74) is -1.22. The van der Waals surface area contributed by atoms with Crippen molar-refractivity contribution in [2.75, 3.05) is 13.1 Å². The normalized spacial score (nSPS) is 19.2. The van der Waals surface area contributed by atoms with E-state index in [1.165, 1.54) is 6.92 Å². The largest absolute Gasteiger partial charge is 0.480 e. The molecule has 0 aromatic rings. The molecule has 2 amide bonds. The van der Waals surface area contributed by atoms with E-state index >= 15 is 0 Å². The number of piperidine rings is 1. The number of likely N-dealkylation sites (tertiary alicyclic amines) is 1. The van der Waals surface area contributed by atoms with Crippen LogP contribution in [0.2, 0.25) is 0 Å². The first-order valence-corrected chi connectivity index (χ1v) is 7.55. The molecule has 1 fully saturated rings. The van der Waals surface area contributed by atoms with Gasteiger partial charge >= 0.3 is 5.97 Å². The van der Waals surface area contributed by atoms with Gasteiger partial charge in [0.05, 0.1) is 0 Å². The van der Waals surface area contributed by atoms with Gasteiger partial charge in [0, 0.05) is 24.9 Å². The van der Waals surface area contributed by atoms with Crippen LogP contribution in [0.4, 0.5) is 0 Å². The monoisotopic (exact) mass is 298 g/mol. The van der Waals surface area contributed by atoms with Crippen LogP contribution in [0.3, 0.4) is 0 Å². The Hall–Kier alpha value is -1.59. The van der Waals surface area contributed by atoms with E-state index < -0.39 is 11.5 Å². The van der Waals surface area contributed by atoms with Gasteiger partial charge in [-0.1, -0.05) is 20.8 Å². The Bertz CT molecular complexity index is 414. The van der Waals surface area contributed by atoms with E-state index in [1.807, 2.05) is 13.8 Å². The summed E-state index contributed by atoms with van der Waals surface area (Å²) in [6.07, 6.45) is 1.51. The van der Waals surface area contributed by atoms with Crippen LogP contribution in [-0.4, -0.2) is 46.4 Å². The fourth-order valence-electron chi connectivity index (χ4n) is 2.39. The summed E-state index contributed by atoms with van der Waals surface area (Å²) in [5.74, 6) is -1.39. The van der Waals surface area contributed by atoms with E-state index in [-0.39, 0.29) is 23.7 Å². The van der Waals surface area contributed by atoms with Crippen LogP contribution in [0, 0.1) is 11.8 Å². The summed E-state index contributed by atoms with van der Waals surface area (Å²) in [5, 5.41) is 11.8. The van der Waals surface area contributed by atoms with Crippen LogP contribution in [0.5, 0.6) is 0 Å². The highest BCUT2D eigenvalue weighted by Gasteiger charge is 2.36. The molecule has 0 saturated carbocycles. The summed E-state index contributed by atoms with van der Waals surface area (Å²) >= 11 is 0. The molecule has 0 aromatic heterocycles. The van der Waals surface area contributed by atoms with E-state index in [4.69, 9.17) is 0 Å². The zero-order valence-electron chi connectivity index (χ0n) is 13.3. The average Bonchev–Trinajstić information content (AvgIpc) is 2.46. The first-order chi connectivity index (χ1) is 9.71. The second-order valence-corrected chi connectivity index (χ2v) is 6.23. The first-order valence-electron chi connectivity index (χ1n) is 7.55. The second kappa shape index (κ2) is 6.91. The average molecular weight is 298 g/mol. The van der Waals surface area contributed by atoms with Crippen molar-refractivity contribution in [3.05, 3.63) is 0 Å². The smallest absolute Gasteiger partial charge is 0.329 e. The van der Waals surface area contributed by atoms with E-state index in [2.05, 4.69) is 5.32 Å². The molecule has 1 saturated heterocycles. The number of rotatable bonds is 5. The Morgan fingerprint density at radius 2 is 1.81 bits per heavy atom. The Kier molecular flexibility index (Phi) is 5.75. The van der Waals surface area contributed by atoms with E-state index in [0.29, 0.717) is 32.4 Å². The molecule has 1 unspecified atom stereocenters. The molecule has 0 bridgehead atoms. The highest BCUT2D eigenvalue weighted by molar-refractivity contribution is 5.88. The van der Waals surface area contributed by atoms with E-state index in [0.717, 1.165) is 0 Å². The molecule has 0 spiro atoms. The number of carboxylic acid groups (broad SMARTS) is 1. The lowest BCUT2D eigenvalue weighted by Crippen LogP contribution is -2.54. The van der Waals surface area contributed by atoms with Crippen LogP contribution in [0.1, 0.15) is 47.0 Å². The highest BCUT2D eigenvalue weighted by Crippen LogP contribution is 2.20. The van der Waals surface area contributed by atoms with Gasteiger partial charge in [-0.25, -0.2) is 4.79 Å². The molecule has 6 nitrogen and oxygen atoms in total. The SMILES string of the molecule is CCC(C)(NC(=O)C1CCN(C(=O)C(C)C)CC1)C(=O)O. The summed E-state index contributed by atoms with van der Waals surface area (Å²) < 4.78 is 0. The van der Waals surface area contributed by atoms with Gasteiger partial charge in [0.15, 0.2) is 0 Å². The van der Waals surface area contributed by atoms with Gasteiger partial charge in [0.25, 0.3) is 0 Å². The van der Waals surface area contributed by atoms with Gasteiger partial charge in [-0.2, -0.15) is 0 Å². The van der Waals surface area contributed by atoms with Crippen LogP contribution in [0.25, 0.3) is 0 Å². The third-order valence-corrected chi connectivity index (χ3v) is 4.25. The first kappa shape index (κ1) is 17.5. The Morgan fingerprint density at radius 3 is 2.19 bits per heavy atom. The number of carbonyl (C=O) groups excluding carboxylic acids is 2. The third kappa shape index (κ3) is 4.19. The number of amides is 2. The van der Waals surface area contributed by atoms with Crippen LogP contribution < -0.4 is 5.32 Å². The maximum absolute atomic E-state index is 12.2. The number of nitrogens with one attached hydrogen (secondary N) is 1. The summed E-state index contributed by atoms with van der Waals surface area (Å²) in [4.78, 5) is 37.1. The Balaban J connectivity index is 2.56. The number of hydrogen-bond acceptors (Lipinski definition) is 3. The fraction of sp³-hybridized carbons (Fsp3) is 0.800. The summed E-state index contributed by atoms with van der Waals surface area (Å²) in [6, 6.07) is 0. The molecule has 0 aliphatic carbocycles. The van der Waals surface area contributed by atoms with E-state index in [1.54, 1.807) is 11.8 Å². The number of carbonyl (C=O) groups is 3. The molecule has 6 heteroatoms. The molecule has 120 valence electrons.